The van der Waals surface area contributed by atoms with E-state index in [0.717, 1.165) is 5.92 Å². The molecule has 0 aromatic heterocycles. The third-order valence-corrected chi connectivity index (χ3v) is 4.67. The molecule has 1 aromatic carbocycles. The highest BCUT2D eigenvalue weighted by atomic mass is 16.5. The first-order chi connectivity index (χ1) is 9.24. The number of ether oxygens (including phenoxy) is 1. The van der Waals surface area contributed by atoms with Gasteiger partial charge in [-0.1, -0.05) is 50.1 Å². The van der Waals surface area contributed by atoms with Gasteiger partial charge in [0, 0.05) is 0 Å². The molecule has 0 saturated heterocycles. The normalized spacial score (nSPS) is 20.7. The summed E-state index contributed by atoms with van der Waals surface area (Å²) in [5.74, 6) is 1.59. The maximum absolute atomic E-state index is 10.6. The molecule has 1 aliphatic rings. The fourth-order valence-electron chi connectivity index (χ4n) is 3.50. The van der Waals surface area contributed by atoms with Gasteiger partial charge in [0.15, 0.2) is 0 Å². The summed E-state index contributed by atoms with van der Waals surface area (Å²) >= 11 is 0. The van der Waals surface area contributed by atoms with Crippen LogP contribution < -0.4 is 0 Å². The molecule has 1 saturated carbocycles. The Balaban J connectivity index is 2.21. The molecule has 0 heterocycles. The van der Waals surface area contributed by atoms with E-state index in [0.29, 0.717) is 18.3 Å². The Labute approximate surface area is 116 Å². The molecule has 1 aliphatic carbocycles. The predicted octanol–water partition coefficient (Wildman–Crippen LogP) is 4.16. The van der Waals surface area contributed by atoms with Gasteiger partial charge >= 0.3 is 0 Å². The number of carbonyl (C=O) groups is 1. The van der Waals surface area contributed by atoms with E-state index < -0.39 is 0 Å². The van der Waals surface area contributed by atoms with Gasteiger partial charge in [-0.05, 0) is 43.1 Å². The second kappa shape index (κ2) is 6.74. The van der Waals surface area contributed by atoms with Gasteiger partial charge in [-0.15, -0.1) is 0 Å². The van der Waals surface area contributed by atoms with Crippen LogP contribution in [0.5, 0.6) is 0 Å². The minimum absolute atomic E-state index is 0.0247. The van der Waals surface area contributed by atoms with Crippen LogP contribution in [0, 0.1) is 11.8 Å². The third kappa shape index (κ3) is 3.37. The Kier molecular flexibility index (Phi) is 5.00. The standard InChI is InChI=1S/C17H24O2/c1-13(14(2)19-12-18)17(16-10-6-7-11-16)15-8-4-3-5-9-15/h3-5,8-9,12-14,16-17H,6-7,10-11H2,1-2H3. The van der Waals surface area contributed by atoms with Crippen LogP contribution in [0.25, 0.3) is 0 Å². The number of rotatable bonds is 6. The summed E-state index contributed by atoms with van der Waals surface area (Å²) < 4.78 is 5.19. The number of benzene rings is 1. The van der Waals surface area contributed by atoms with Gasteiger partial charge in [0.2, 0.25) is 0 Å². The lowest BCUT2D eigenvalue weighted by Crippen LogP contribution is -2.28. The molecule has 19 heavy (non-hydrogen) atoms. The van der Waals surface area contributed by atoms with Crippen LogP contribution in [-0.2, 0) is 9.53 Å². The van der Waals surface area contributed by atoms with E-state index in [2.05, 4.69) is 37.3 Å². The van der Waals surface area contributed by atoms with E-state index in [1.807, 2.05) is 6.92 Å². The SMILES string of the molecule is CC(OC=O)C(C)C(c1ccccc1)C1CCCC1. The van der Waals surface area contributed by atoms with Crippen molar-refractivity contribution in [2.24, 2.45) is 11.8 Å². The van der Waals surface area contributed by atoms with Crippen molar-refractivity contribution in [3.05, 3.63) is 35.9 Å². The summed E-state index contributed by atoms with van der Waals surface area (Å²) in [6.07, 6.45) is 5.26. The Morgan fingerprint density at radius 2 is 1.79 bits per heavy atom. The number of hydrogen-bond acceptors (Lipinski definition) is 2. The van der Waals surface area contributed by atoms with Gasteiger partial charge in [-0.25, -0.2) is 0 Å². The first-order valence-electron chi connectivity index (χ1n) is 7.38. The molecule has 0 N–H and O–H groups in total. The van der Waals surface area contributed by atoms with Crippen LogP contribution in [0.4, 0.5) is 0 Å². The van der Waals surface area contributed by atoms with Crippen LogP contribution in [0.15, 0.2) is 30.3 Å². The van der Waals surface area contributed by atoms with Crippen molar-refractivity contribution in [1.82, 2.24) is 0 Å². The van der Waals surface area contributed by atoms with E-state index in [1.165, 1.54) is 31.2 Å². The van der Waals surface area contributed by atoms with Crippen molar-refractivity contribution in [2.45, 2.75) is 51.6 Å². The molecular formula is C17H24O2. The van der Waals surface area contributed by atoms with Gasteiger partial charge < -0.3 is 4.74 Å². The molecule has 0 bridgehead atoms. The number of carbonyl (C=O) groups excluding carboxylic acids is 1. The molecule has 0 aliphatic heterocycles. The Hall–Kier alpha value is -1.31. The van der Waals surface area contributed by atoms with E-state index in [9.17, 15) is 4.79 Å². The van der Waals surface area contributed by atoms with Gasteiger partial charge in [0.05, 0.1) is 0 Å². The van der Waals surface area contributed by atoms with Crippen LogP contribution in [-0.4, -0.2) is 12.6 Å². The molecule has 3 unspecified atom stereocenters. The van der Waals surface area contributed by atoms with E-state index >= 15 is 0 Å². The Morgan fingerprint density at radius 1 is 1.16 bits per heavy atom. The maximum atomic E-state index is 10.6. The van der Waals surface area contributed by atoms with Gasteiger partial charge in [-0.2, -0.15) is 0 Å². The minimum atomic E-state index is -0.0247. The lowest BCUT2D eigenvalue weighted by Gasteiger charge is -2.32. The number of hydrogen-bond donors (Lipinski definition) is 0. The van der Waals surface area contributed by atoms with Crippen LogP contribution in [0.3, 0.4) is 0 Å². The fourth-order valence-corrected chi connectivity index (χ4v) is 3.50. The van der Waals surface area contributed by atoms with Crippen molar-refractivity contribution >= 4 is 6.47 Å². The summed E-state index contributed by atoms with van der Waals surface area (Å²) in [6, 6.07) is 10.7. The van der Waals surface area contributed by atoms with Crippen molar-refractivity contribution in [3.8, 4) is 0 Å². The van der Waals surface area contributed by atoms with Crippen molar-refractivity contribution in [1.29, 1.82) is 0 Å². The predicted molar refractivity (Wildman–Crippen MR) is 76.9 cm³/mol. The minimum Gasteiger partial charge on any atom is -0.465 e. The Morgan fingerprint density at radius 3 is 2.37 bits per heavy atom. The van der Waals surface area contributed by atoms with Crippen LogP contribution in [0.2, 0.25) is 0 Å². The smallest absolute Gasteiger partial charge is 0.293 e. The van der Waals surface area contributed by atoms with Crippen molar-refractivity contribution < 1.29 is 9.53 Å². The first kappa shape index (κ1) is 14.1. The molecule has 0 amide bonds. The molecule has 1 aromatic rings. The third-order valence-electron chi connectivity index (χ3n) is 4.67. The summed E-state index contributed by atoms with van der Waals surface area (Å²) in [4.78, 5) is 10.6. The quantitative estimate of drug-likeness (QED) is 0.718. The summed E-state index contributed by atoms with van der Waals surface area (Å²) in [6.45, 7) is 4.80. The lowest BCUT2D eigenvalue weighted by molar-refractivity contribution is -0.135. The zero-order valence-corrected chi connectivity index (χ0v) is 11.9. The molecule has 0 radical (unpaired) electrons. The highest BCUT2D eigenvalue weighted by Crippen LogP contribution is 2.43. The molecule has 1 fully saturated rings. The summed E-state index contributed by atoms with van der Waals surface area (Å²) in [7, 11) is 0. The zero-order chi connectivity index (χ0) is 13.7. The van der Waals surface area contributed by atoms with Gasteiger partial charge in [0.1, 0.15) is 6.10 Å². The van der Waals surface area contributed by atoms with E-state index in [1.54, 1.807) is 0 Å². The monoisotopic (exact) mass is 260 g/mol. The van der Waals surface area contributed by atoms with Crippen molar-refractivity contribution in [3.63, 3.8) is 0 Å². The highest BCUT2D eigenvalue weighted by molar-refractivity contribution is 5.37. The second-order valence-electron chi connectivity index (χ2n) is 5.78. The second-order valence-corrected chi connectivity index (χ2v) is 5.78. The average molecular weight is 260 g/mol. The fraction of sp³-hybridized carbons (Fsp3) is 0.588. The molecule has 2 rings (SSSR count). The zero-order valence-electron chi connectivity index (χ0n) is 11.9. The summed E-state index contributed by atoms with van der Waals surface area (Å²) in [5.41, 5.74) is 1.39. The molecule has 104 valence electrons. The average Bonchev–Trinajstić information content (AvgIpc) is 2.94. The van der Waals surface area contributed by atoms with Crippen LogP contribution in [0.1, 0.15) is 51.0 Å². The molecule has 0 spiro atoms. The van der Waals surface area contributed by atoms with Gasteiger partial charge in [-0.3, -0.25) is 4.79 Å². The van der Waals surface area contributed by atoms with Crippen molar-refractivity contribution in [2.75, 3.05) is 0 Å². The molecule has 2 heteroatoms. The highest BCUT2D eigenvalue weighted by Gasteiger charge is 2.33. The topological polar surface area (TPSA) is 26.3 Å². The van der Waals surface area contributed by atoms with E-state index in [4.69, 9.17) is 4.74 Å². The van der Waals surface area contributed by atoms with E-state index in [-0.39, 0.29) is 6.10 Å². The summed E-state index contributed by atoms with van der Waals surface area (Å²) in [5, 5.41) is 0. The Bertz CT molecular complexity index is 382. The maximum Gasteiger partial charge on any atom is 0.293 e. The van der Waals surface area contributed by atoms with Crippen LogP contribution >= 0.6 is 0 Å². The van der Waals surface area contributed by atoms with Gasteiger partial charge in [0.25, 0.3) is 6.47 Å². The molecule has 3 atom stereocenters. The molecular weight excluding hydrogens is 236 g/mol. The molecule has 2 nitrogen and oxygen atoms in total. The first-order valence-corrected chi connectivity index (χ1v) is 7.38. The lowest BCUT2D eigenvalue weighted by atomic mass is 9.75. The largest absolute Gasteiger partial charge is 0.465 e.